The molecule has 1 aromatic rings. The summed E-state index contributed by atoms with van der Waals surface area (Å²) in [4.78, 5) is 23.5. The number of hydrogen-bond acceptors (Lipinski definition) is 6. The SMILES string of the molecule is Cc1nnc(SCC(=O)N[C@@H](C)CCCC(C)C)n(N)c1=O. The number of aryl methyl sites for hydroxylation is 1. The van der Waals surface area contributed by atoms with Crippen molar-refractivity contribution in [2.45, 2.75) is 58.2 Å². The van der Waals surface area contributed by atoms with Crippen molar-refractivity contribution >= 4 is 17.7 Å². The van der Waals surface area contributed by atoms with Gasteiger partial charge in [0.2, 0.25) is 11.1 Å². The minimum atomic E-state index is -0.403. The lowest BCUT2D eigenvalue weighted by Crippen LogP contribution is -2.35. The van der Waals surface area contributed by atoms with Gasteiger partial charge in [0.25, 0.3) is 5.56 Å². The molecule has 0 aliphatic heterocycles. The number of rotatable bonds is 8. The number of nitrogens with one attached hydrogen (secondary N) is 1. The normalized spacial score (nSPS) is 12.4. The van der Waals surface area contributed by atoms with E-state index in [0.29, 0.717) is 5.92 Å². The van der Waals surface area contributed by atoms with Crippen LogP contribution in [0, 0.1) is 12.8 Å². The van der Waals surface area contributed by atoms with Gasteiger partial charge in [-0.05, 0) is 26.2 Å². The molecule has 0 radical (unpaired) electrons. The van der Waals surface area contributed by atoms with E-state index in [0.717, 1.165) is 35.7 Å². The third-order valence-corrected chi connectivity index (χ3v) is 4.12. The van der Waals surface area contributed by atoms with Crippen LogP contribution in [0.5, 0.6) is 0 Å². The van der Waals surface area contributed by atoms with Crippen molar-refractivity contribution in [2.75, 3.05) is 11.6 Å². The Kier molecular flexibility index (Phi) is 7.37. The first-order valence-corrected chi connectivity index (χ1v) is 8.43. The van der Waals surface area contributed by atoms with Crippen LogP contribution in [0.15, 0.2) is 9.95 Å². The van der Waals surface area contributed by atoms with Crippen LogP contribution in [0.2, 0.25) is 0 Å². The lowest BCUT2D eigenvalue weighted by molar-refractivity contribution is -0.119. The molecular weight excluding hydrogens is 302 g/mol. The molecule has 0 unspecified atom stereocenters. The topological polar surface area (TPSA) is 103 Å². The molecule has 0 spiro atoms. The first-order chi connectivity index (χ1) is 10.3. The Hall–Kier alpha value is -1.57. The van der Waals surface area contributed by atoms with Gasteiger partial charge in [0.05, 0.1) is 5.75 Å². The van der Waals surface area contributed by atoms with E-state index in [-0.39, 0.29) is 28.6 Å². The summed E-state index contributed by atoms with van der Waals surface area (Å²) in [6.07, 6.45) is 3.21. The van der Waals surface area contributed by atoms with E-state index in [4.69, 9.17) is 5.84 Å². The number of aromatic nitrogens is 3. The Bertz CT molecular complexity index is 559. The molecule has 3 N–H and O–H groups in total. The van der Waals surface area contributed by atoms with Gasteiger partial charge in [-0.15, -0.1) is 10.2 Å². The van der Waals surface area contributed by atoms with Gasteiger partial charge < -0.3 is 11.2 Å². The molecule has 7 nitrogen and oxygen atoms in total. The molecule has 0 fully saturated rings. The molecular formula is C14H25N5O2S. The second-order valence-electron chi connectivity index (χ2n) is 5.83. The quantitative estimate of drug-likeness (QED) is 0.547. The van der Waals surface area contributed by atoms with Crippen molar-refractivity contribution in [2.24, 2.45) is 5.92 Å². The molecule has 0 aliphatic carbocycles. The zero-order valence-corrected chi connectivity index (χ0v) is 14.4. The van der Waals surface area contributed by atoms with E-state index in [9.17, 15) is 9.59 Å². The molecule has 1 atom stereocenters. The number of nitrogens with zero attached hydrogens (tertiary/aromatic N) is 3. The summed E-state index contributed by atoms with van der Waals surface area (Å²) in [5, 5.41) is 10.7. The van der Waals surface area contributed by atoms with Gasteiger partial charge in [0, 0.05) is 6.04 Å². The molecule has 1 rings (SSSR count). The molecule has 8 heteroatoms. The molecule has 0 bridgehead atoms. The number of hydrogen-bond donors (Lipinski definition) is 2. The monoisotopic (exact) mass is 327 g/mol. The Labute approximate surface area is 135 Å². The number of amides is 1. The maximum atomic E-state index is 11.9. The molecule has 1 heterocycles. The van der Waals surface area contributed by atoms with Crippen LogP contribution in [0.4, 0.5) is 0 Å². The van der Waals surface area contributed by atoms with Crippen molar-refractivity contribution in [3.05, 3.63) is 16.0 Å². The Morgan fingerprint density at radius 3 is 2.64 bits per heavy atom. The van der Waals surface area contributed by atoms with Gasteiger partial charge in [-0.2, -0.15) is 4.68 Å². The number of carbonyl (C=O) groups excluding carboxylic acids is 1. The molecule has 22 heavy (non-hydrogen) atoms. The zero-order chi connectivity index (χ0) is 16.7. The lowest BCUT2D eigenvalue weighted by Gasteiger charge is -2.14. The van der Waals surface area contributed by atoms with Gasteiger partial charge in [0.15, 0.2) is 0 Å². The highest BCUT2D eigenvalue weighted by Crippen LogP contribution is 2.11. The average molecular weight is 327 g/mol. The fraction of sp³-hybridized carbons (Fsp3) is 0.714. The molecule has 124 valence electrons. The van der Waals surface area contributed by atoms with Crippen LogP contribution in [-0.2, 0) is 4.79 Å². The van der Waals surface area contributed by atoms with Crippen LogP contribution >= 0.6 is 11.8 Å². The Morgan fingerprint density at radius 2 is 2.00 bits per heavy atom. The number of carbonyl (C=O) groups is 1. The second kappa shape index (κ2) is 8.77. The lowest BCUT2D eigenvalue weighted by atomic mass is 10.0. The van der Waals surface area contributed by atoms with E-state index < -0.39 is 5.56 Å². The summed E-state index contributed by atoms with van der Waals surface area (Å²) in [6.45, 7) is 7.91. The zero-order valence-electron chi connectivity index (χ0n) is 13.6. The van der Waals surface area contributed by atoms with Crippen molar-refractivity contribution in [1.82, 2.24) is 20.2 Å². The number of nitrogens with two attached hydrogens (primary N) is 1. The van der Waals surface area contributed by atoms with Crippen molar-refractivity contribution in [3.8, 4) is 0 Å². The van der Waals surface area contributed by atoms with E-state index in [1.54, 1.807) is 6.92 Å². The minimum absolute atomic E-state index is 0.100. The van der Waals surface area contributed by atoms with Gasteiger partial charge in [-0.1, -0.05) is 38.5 Å². The molecule has 0 aromatic carbocycles. The van der Waals surface area contributed by atoms with Gasteiger partial charge >= 0.3 is 0 Å². The summed E-state index contributed by atoms with van der Waals surface area (Å²) in [6, 6.07) is 0.135. The van der Waals surface area contributed by atoms with Crippen LogP contribution in [-0.4, -0.2) is 32.6 Å². The van der Waals surface area contributed by atoms with E-state index in [1.807, 2.05) is 6.92 Å². The van der Waals surface area contributed by atoms with Crippen LogP contribution in [0.3, 0.4) is 0 Å². The molecule has 0 saturated carbocycles. The summed E-state index contributed by atoms with van der Waals surface area (Å²) in [5.74, 6) is 6.35. The highest BCUT2D eigenvalue weighted by Gasteiger charge is 2.12. The average Bonchev–Trinajstić information content (AvgIpc) is 2.43. The van der Waals surface area contributed by atoms with E-state index in [2.05, 4.69) is 29.4 Å². The van der Waals surface area contributed by atoms with Crippen molar-refractivity contribution in [3.63, 3.8) is 0 Å². The smallest absolute Gasteiger partial charge is 0.294 e. The van der Waals surface area contributed by atoms with Crippen LogP contribution < -0.4 is 16.7 Å². The number of nitrogen functional groups attached to an aromatic ring is 1. The van der Waals surface area contributed by atoms with Crippen molar-refractivity contribution in [1.29, 1.82) is 0 Å². The summed E-state index contributed by atoms with van der Waals surface area (Å²) >= 11 is 1.10. The Morgan fingerprint density at radius 1 is 1.32 bits per heavy atom. The molecule has 1 amide bonds. The van der Waals surface area contributed by atoms with Gasteiger partial charge in [-0.25, -0.2) is 0 Å². The fourth-order valence-electron chi connectivity index (χ4n) is 1.92. The van der Waals surface area contributed by atoms with Gasteiger partial charge in [-0.3, -0.25) is 9.59 Å². The second-order valence-corrected chi connectivity index (χ2v) is 6.77. The predicted octanol–water partition coefficient (Wildman–Crippen LogP) is 1.08. The van der Waals surface area contributed by atoms with Crippen LogP contribution in [0.1, 0.15) is 45.7 Å². The summed E-state index contributed by atoms with van der Waals surface area (Å²) in [5.41, 5.74) is -0.171. The summed E-state index contributed by atoms with van der Waals surface area (Å²) < 4.78 is 0.923. The van der Waals surface area contributed by atoms with Crippen molar-refractivity contribution < 1.29 is 4.79 Å². The third-order valence-electron chi connectivity index (χ3n) is 3.18. The van der Waals surface area contributed by atoms with Gasteiger partial charge in [0.1, 0.15) is 5.69 Å². The predicted molar refractivity (Wildman–Crippen MR) is 88.2 cm³/mol. The standard InChI is InChI=1S/C14H25N5O2S/c1-9(2)6-5-7-10(3)16-12(20)8-22-14-18-17-11(4)13(21)19(14)15/h9-10H,5-8,15H2,1-4H3,(H,16,20)/t10-/m0/s1. The maximum absolute atomic E-state index is 11.9. The highest BCUT2D eigenvalue weighted by atomic mass is 32.2. The largest absolute Gasteiger partial charge is 0.353 e. The number of thioether (sulfide) groups is 1. The molecule has 1 aromatic heterocycles. The molecule has 0 aliphatic rings. The Balaban J connectivity index is 2.40. The van der Waals surface area contributed by atoms with Crippen LogP contribution in [0.25, 0.3) is 0 Å². The molecule has 0 saturated heterocycles. The van der Waals surface area contributed by atoms with E-state index in [1.165, 1.54) is 0 Å². The first kappa shape index (κ1) is 18.5. The summed E-state index contributed by atoms with van der Waals surface area (Å²) in [7, 11) is 0. The van der Waals surface area contributed by atoms with E-state index >= 15 is 0 Å². The third kappa shape index (κ3) is 6.05. The first-order valence-electron chi connectivity index (χ1n) is 7.44. The maximum Gasteiger partial charge on any atom is 0.294 e. The fourth-order valence-corrected chi connectivity index (χ4v) is 2.58. The highest BCUT2D eigenvalue weighted by molar-refractivity contribution is 7.99. The minimum Gasteiger partial charge on any atom is -0.353 e.